The Morgan fingerprint density at radius 3 is 2.76 bits per heavy atom. The van der Waals surface area contributed by atoms with E-state index in [0.717, 1.165) is 28.6 Å². The third-order valence-corrected chi connectivity index (χ3v) is 6.36. The summed E-state index contributed by atoms with van der Waals surface area (Å²) < 4.78 is 64.7. The number of morpholine rings is 1. The monoisotopic (exact) mass is 475 g/mol. The van der Waals surface area contributed by atoms with Crippen molar-refractivity contribution in [3.63, 3.8) is 0 Å². The number of benzene rings is 2. The van der Waals surface area contributed by atoms with Gasteiger partial charge in [0.05, 0.1) is 43.0 Å². The highest BCUT2D eigenvalue weighted by Gasteiger charge is 2.37. The normalized spacial score (nSPS) is 20.6. The number of rotatable bonds is 2. The van der Waals surface area contributed by atoms with Crippen molar-refractivity contribution in [3.05, 3.63) is 70.0 Å². The van der Waals surface area contributed by atoms with Crippen LogP contribution in [0.3, 0.4) is 0 Å². The maximum atomic E-state index is 13.8. The SMILES string of the molecule is C[C@H]1OCc2c1c(N)nc1ccc(C(=O)N3CCOC[C@H]3c3ccc(F)c(C(F)(F)F)c3)cc21. The lowest BCUT2D eigenvalue weighted by molar-refractivity contribution is -0.140. The Balaban J connectivity index is 1.53. The molecule has 0 unspecified atom stereocenters. The molecule has 6 nitrogen and oxygen atoms in total. The van der Waals surface area contributed by atoms with Gasteiger partial charge in [0.1, 0.15) is 11.6 Å². The second kappa shape index (κ2) is 8.21. The molecule has 2 atom stereocenters. The van der Waals surface area contributed by atoms with Crippen LogP contribution >= 0.6 is 0 Å². The summed E-state index contributed by atoms with van der Waals surface area (Å²) in [5, 5.41) is 0.741. The van der Waals surface area contributed by atoms with Gasteiger partial charge in [-0.15, -0.1) is 0 Å². The highest BCUT2D eigenvalue weighted by molar-refractivity contribution is 5.99. The zero-order chi connectivity index (χ0) is 24.2. The first-order valence-corrected chi connectivity index (χ1v) is 10.7. The van der Waals surface area contributed by atoms with Crippen molar-refractivity contribution in [3.8, 4) is 0 Å². The van der Waals surface area contributed by atoms with Gasteiger partial charge < -0.3 is 20.1 Å². The summed E-state index contributed by atoms with van der Waals surface area (Å²) in [6, 6.07) is 6.99. The molecule has 0 saturated carbocycles. The molecule has 0 bridgehead atoms. The molecular weight excluding hydrogens is 454 g/mol. The molecule has 2 aromatic carbocycles. The molecular formula is C24H21F4N3O3. The van der Waals surface area contributed by atoms with Crippen LogP contribution in [0.1, 0.15) is 51.7 Å². The third-order valence-electron chi connectivity index (χ3n) is 6.36. The fourth-order valence-electron chi connectivity index (χ4n) is 4.65. The number of fused-ring (bicyclic) bond motifs is 3. The van der Waals surface area contributed by atoms with Crippen molar-refractivity contribution in [2.45, 2.75) is 31.9 Å². The van der Waals surface area contributed by atoms with Crippen LogP contribution in [0.15, 0.2) is 36.4 Å². The first-order chi connectivity index (χ1) is 16.1. The largest absolute Gasteiger partial charge is 0.419 e. The molecule has 34 heavy (non-hydrogen) atoms. The molecule has 10 heteroatoms. The quantitative estimate of drug-likeness (QED) is 0.540. The average Bonchev–Trinajstić information content (AvgIpc) is 3.20. The molecule has 2 aliphatic heterocycles. The Morgan fingerprint density at radius 1 is 1.21 bits per heavy atom. The van der Waals surface area contributed by atoms with Gasteiger partial charge in [-0.1, -0.05) is 6.07 Å². The van der Waals surface area contributed by atoms with Crippen molar-refractivity contribution < 1.29 is 31.8 Å². The Bertz CT molecular complexity index is 1290. The van der Waals surface area contributed by atoms with E-state index in [9.17, 15) is 22.4 Å². The minimum atomic E-state index is -4.85. The minimum Gasteiger partial charge on any atom is -0.383 e. The fraction of sp³-hybridized carbons (Fsp3) is 0.333. The van der Waals surface area contributed by atoms with Gasteiger partial charge in [-0.3, -0.25) is 4.79 Å². The molecule has 178 valence electrons. The predicted molar refractivity (Wildman–Crippen MR) is 115 cm³/mol. The van der Waals surface area contributed by atoms with Crippen LogP contribution in [0.2, 0.25) is 0 Å². The van der Waals surface area contributed by atoms with Gasteiger partial charge in [-0.25, -0.2) is 9.37 Å². The van der Waals surface area contributed by atoms with E-state index in [-0.39, 0.29) is 37.3 Å². The predicted octanol–water partition coefficient (Wildman–Crippen LogP) is 4.78. The Labute approximate surface area is 192 Å². The smallest absolute Gasteiger partial charge is 0.383 e. The molecule has 3 heterocycles. The van der Waals surface area contributed by atoms with E-state index < -0.39 is 23.6 Å². The van der Waals surface area contributed by atoms with E-state index in [1.807, 2.05) is 6.92 Å². The molecule has 0 radical (unpaired) electrons. The third kappa shape index (κ3) is 3.76. The van der Waals surface area contributed by atoms with E-state index >= 15 is 0 Å². The number of aromatic nitrogens is 1. The zero-order valence-electron chi connectivity index (χ0n) is 18.2. The fourth-order valence-corrected chi connectivity index (χ4v) is 4.65. The number of carbonyl (C=O) groups excluding carboxylic acids is 1. The van der Waals surface area contributed by atoms with Crippen LogP contribution in [0.4, 0.5) is 23.4 Å². The van der Waals surface area contributed by atoms with Crippen molar-refractivity contribution in [2.24, 2.45) is 0 Å². The standard InChI is InChI=1S/C24H21F4N3O3/c1-12-21-16(10-34-12)15-8-14(3-5-19(15)30-22(21)29)23(32)31-6-7-33-11-20(31)13-2-4-18(25)17(9-13)24(26,27)28/h2-5,8-9,12,20H,6-7,10-11H2,1H3,(H2,29,30)/t12-,20+/m1/s1. The van der Waals surface area contributed by atoms with E-state index in [1.54, 1.807) is 18.2 Å². The number of halogens is 4. The van der Waals surface area contributed by atoms with Gasteiger partial charge in [-0.05, 0) is 48.4 Å². The topological polar surface area (TPSA) is 77.7 Å². The highest BCUT2D eigenvalue weighted by Crippen LogP contribution is 2.39. The van der Waals surface area contributed by atoms with Gasteiger partial charge in [-0.2, -0.15) is 13.2 Å². The maximum absolute atomic E-state index is 13.8. The number of carbonyl (C=O) groups is 1. The molecule has 1 saturated heterocycles. The first-order valence-electron chi connectivity index (χ1n) is 10.7. The Morgan fingerprint density at radius 2 is 2.00 bits per heavy atom. The van der Waals surface area contributed by atoms with Crippen LogP contribution in [-0.2, 0) is 22.3 Å². The summed E-state index contributed by atoms with van der Waals surface area (Å²) in [6.07, 6.45) is -5.06. The van der Waals surface area contributed by atoms with Crippen LogP contribution in [0, 0.1) is 5.82 Å². The molecule has 1 fully saturated rings. The van der Waals surface area contributed by atoms with Crippen LogP contribution in [0.25, 0.3) is 10.9 Å². The summed E-state index contributed by atoms with van der Waals surface area (Å²) in [7, 11) is 0. The van der Waals surface area contributed by atoms with E-state index in [2.05, 4.69) is 4.98 Å². The summed E-state index contributed by atoms with van der Waals surface area (Å²) >= 11 is 0. The number of nitrogens with zero attached hydrogens (tertiary/aromatic N) is 2. The van der Waals surface area contributed by atoms with Crippen molar-refractivity contribution in [2.75, 3.05) is 25.5 Å². The van der Waals surface area contributed by atoms with Crippen molar-refractivity contribution in [1.29, 1.82) is 0 Å². The van der Waals surface area contributed by atoms with Gasteiger partial charge >= 0.3 is 6.18 Å². The average molecular weight is 475 g/mol. The van der Waals surface area contributed by atoms with Crippen LogP contribution in [0.5, 0.6) is 0 Å². The molecule has 5 rings (SSSR count). The molecule has 3 aromatic rings. The number of hydrogen-bond donors (Lipinski definition) is 1. The molecule has 1 aromatic heterocycles. The van der Waals surface area contributed by atoms with E-state index in [1.165, 1.54) is 11.0 Å². The molecule has 2 N–H and O–H groups in total. The number of alkyl halides is 3. The van der Waals surface area contributed by atoms with Gasteiger partial charge in [0.25, 0.3) is 5.91 Å². The second-order valence-corrected chi connectivity index (χ2v) is 8.40. The Hall–Kier alpha value is -3.24. The van der Waals surface area contributed by atoms with E-state index in [0.29, 0.717) is 23.5 Å². The van der Waals surface area contributed by atoms with Gasteiger partial charge in [0.15, 0.2) is 0 Å². The lowest BCUT2D eigenvalue weighted by Crippen LogP contribution is -2.43. The summed E-state index contributed by atoms with van der Waals surface area (Å²) in [5.74, 6) is -1.35. The first kappa shape index (κ1) is 22.5. The number of anilines is 1. The maximum Gasteiger partial charge on any atom is 0.419 e. The lowest BCUT2D eigenvalue weighted by Gasteiger charge is -2.36. The number of pyridine rings is 1. The number of amides is 1. The molecule has 2 aliphatic rings. The highest BCUT2D eigenvalue weighted by atomic mass is 19.4. The molecule has 0 spiro atoms. The lowest BCUT2D eigenvalue weighted by atomic mass is 9.98. The van der Waals surface area contributed by atoms with Crippen LogP contribution in [-0.4, -0.2) is 35.5 Å². The van der Waals surface area contributed by atoms with E-state index in [4.69, 9.17) is 15.2 Å². The minimum absolute atomic E-state index is 0.00108. The van der Waals surface area contributed by atoms with Crippen molar-refractivity contribution in [1.82, 2.24) is 9.88 Å². The van der Waals surface area contributed by atoms with Gasteiger partial charge in [0.2, 0.25) is 0 Å². The number of hydrogen-bond acceptors (Lipinski definition) is 5. The number of nitrogen functional groups attached to an aromatic ring is 1. The molecule has 0 aliphatic carbocycles. The van der Waals surface area contributed by atoms with Crippen LogP contribution < -0.4 is 5.73 Å². The summed E-state index contributed by atoms with van der Waals surface area (Å²) in [4.78, 5) is 19.4. The van der Waals surface area contributed by atoms with Gasteiger partial charge in [0, 0.05) is 23.1 Å². The molecule has 1 amide bonds. The van der Waals surface area contributed by atoms with Crippen molar-refractivity contribution >= 4 is 22.6 Å². The Kier molecular flexibility index (Phi) is 5.44. The summed E-state index contributed by atoms with van der Waals surface area (Å²) in [5.41, 5.74) is 7.52. The summed E-state index contributed by atoms with van der Waals surface area (Å²) in [6.45, 7) is 2.63. The second-order valence-electron chi connectivity index (χ2n) is 8.40. The number of ether oxygens (including phenoxy) is 2. The zero-order valence-corrected chi connectivity index (χ0v) is 18.2. The number of nitrogens with two attached hydrogens (primary N) is 1.